The Bertz CT molecular complexity index is 389. The molecule has 0 bridgehead atoms. The van der Waals surface area contributed by atoms with Gasteiger partial charge in [-0.15, -0.1) is 11.3 Å². The van der Waals surface area contributed by atoms with E-state index in [4.69, 9.17) is 5.73 Å². The summed E-state index contributed by atoms with van der Waals surface area (Å²) in [6, 6.07) is 4.14. The third-order valence-electron chi connectivity index (χ3n) is 1.83. The highest BCUT2D eigenvalue weighted by Crippen LogP contribution is 2.13. The van der Waals surface area contributed by atoms with Crippen molar-refractivity contribution in [2.75, 3.05) is 5.73 Å². The fourth-order valence-electron chi connectivity index (χ4n) is 1.26. The highest BCUT2D eigenvalue weighted by Gasteiger charge is 2.02. The van der Waals surface area contributed by atoms with Crippen molar-refractivity contribution in [2.45, 2.75) is 13.5 Å². The summed E-state index contributed by atoms with van der Waals surface area (Å²) in [4.78, 5) is 5.43. The number of anilines is 1. The summed E-state index contributed by atoms with van der Waals surface area (Å²) >= 11 is 1.73. The Morgan fingerprint density at radius 3 is 3.00 bits per heavy atom. The minimum atomic E-state index is 0.589. The van der Waals surface area contributed by atoms with Crippen molar-refractivity contribution in [3.63, 3.8) is 0 Å². The van der Waals surface area contributed by atoms with Crippen molar-refractivity contribution in [1.29, 1.82) is 0 Å². The predicted octanol–water partition coefficient (Wildman–Crippen LogP) is 1.88. The Hall–Kier alpha value is -1.29. The molecule has 0 spiro atoms. The lowest BCUT2D eigenvalue weighted by molar-refractivity contribution is 0.823. The smallest absolute Gasteiger partial charge is 0.200 e. The molecule has 0 aliphatic carbocycles. The number of thiophene rings is 1. The molecule has 4 heteroatoms. The Balaban J connectivity index is 2.23. The summed E-state index contributed by atoms with van der Waals surface area (Å²) < 4.78 is 1.96. The fraction of sp³-hybridized carbons (Fsp3) is 0.222. The van der Waals surface area contributed by atoms with Crippen LogP contribution in [0.2, 0.25) is 0 Å². The van der Waals surface area contributed by atoms with Crippen LogP contribution in [0.4, 0.5) is 5.95 Å². The van der Waals surface area contributed by atoms with E-state index in [1.54, 1.807) is 11.3 Å². The molecule has 0 aliphatic rings. The van der Waals surface area contributed by atoms with E-state index in [0.29, 0.717) is 5.95 Å². The molecule has 3 nitrogen and oxygen atoms in total. The Kier molecular flexibility index (Phi) is 2.06. The van der Waals surface area contributed by atoms with E-state index in [1.807, 2.05) is 23.8 Å². The van der Waals surface area contributed by atoms with Crippen molar-refractivity contribution >= 4 is 17.3 Å². The van der Waals surface area contributed by atoms with E-state index >= 15 is 0 Å². The minimum absolute atomic E-state index is 0.589. The normalized spacial score (nSPS) is 10.5. The van der Waals surface area contributed by atoms with Gasteiger partial charge in [0, 0.05) is 11.1 Å². The van der Waals surface area contributed by atoms with Crippen molar-refractivity contribution < 1.29 is 0 Å². The zero-order valence-corrected chi connectivity index (χ0v) is 8.21. The molecule has 0 radical (unpaired) electrons. The first-order valence-corrected chi connectivity index (χ1v) is 4.95. The number of imidazole rings is 1. The van der Waals surface area contributed by atoms with E-state index in [0.717, 1.165) is 12.2 Å². The topological polar surface area (TPSA) is 43.8 Å². The molecule has 2 rings (SSSR count). The second-order valence-corrected chi connectivity index (χ2v) is 3.98. The monoisotopic (exact) mass is 193 g/mol. The summed E-state index contributed by atoms with van der Waals surface area (Å²) in [5.74, 6) is 0.589. The fourth-order valence-corrected chi connectivity index (χ4v) is 1.97. The molecule has 0 aromatic carbocycles. The zero-order valence-electron chi connectivity index (χ0n) is 7.40. The SMILES string of the molecule is Cc1cn(Cc2cccs2)c(N)n1. The van der Waals surface area contributed by atoms with Crippen LogP contribution in [0.1, 0.15) is 10.6 Å². The summed E-state index contributed by atoms with van der Waals surface area (Å²) in [5.41, 5.74) is 6.68. The van der Waals surface area contributed by atoms with E-state index in [9.17, 15) is 0 Å². The lowest BCUT2D eigenvalue weighted by Gasteiger charge is -2.00. The van der Waals surface area contributed by atoms with Crippen LogP contribution in [-0.2, 0) is 6.54 Å². The molecule has 0 saturated heterocycles. The molecule has 2 aromatic heterocycles. The quantitative estimate of drug-likeness (QED) is 0.791. The summed E-state index contributed by atoms with van der Waals surface area (Å²) in [6.07, 6.45) is 1.97. The first-order valence-electron chi connectivity index (χ1n) is 4.07. The second-order valence-electron chi connectivity index (χ2n) is 2.95. The van der Waals surface area contributed by atoms with Gasteiger partial charge in [0.1, 0.15) is 0 Å². The van der Waals surface area contributed by atoms with Crippen LogP contribution in [0.3, 0.4) is 0 Å². The zero-order chi connectivity index (χ0) is 9.26. The first-order chi connectivity index (χ1) is 6.25. The van der Waals surface area contributed by atoms with Crippen LogP contribution in [-0.4, -0.2) is 9.55 Å². The molecule has 0 fully saturated rings. The highest BCUT2D eigenvalue weighted by molar-refractivity contribution is 7.09. The number of aromatic nitrogens is 2. The average molecular weight is 193 g/mol. The Morgan fingerprint density at radius 2 is 2.46 bits per heavy atom. The number of hydrogen-bond acceptors (Lipinski definition) is 3. The summed E-state index contributed by atoms with van der Waals surface area (Å²) in [7, 11) is 0. The summed E-state index contributed by atoms with van der Waals surface area (Å²) in [6.45, 7) is 2.77. The number of hydrogen-bond donors (Lipinski definition) is 1. The maximum atomic E-state index is 5.71. The van der Waals surface area contributed by atoms with Crippen molar-refractivity contribution in [3.05, 3.63) is 34.3 Å². The standard InChI is InChI=1S/C9H11N3S/c1-7-5-12(9(10)11-7)6-8-3-2-4-13-8/h2-5H,6H2,1H3,(H2,10,11). The van der Waals surface area contributed by atoms with Crippen LogP contribution in [0.15, 0.2) is 23.7 Å². The van der Waals surface area contributed by atoms with Crippen LogP contribution < -0.4 is 5.73 Å². The number of aryl methyl sites for hydroxylation is 1. The molecule has 2 aromatic rings. The van der Waals surface area contributed by atoms with Gasteiger partial charge in [-0.2, -0.15) is 0 Å². The van der Waals surface area contributed by atoms with Gasteiger partial charge in [0.05, 0.1) is 12.2 Å². The molecule has 13 heavy (non-hydrogen) atoms. The van der Waals surface area contributed by atoms with Gasteiger partial charge in [-0.05, 0) is 18.4 Å². The summed E-state index contributed by atoms with van der Waals surface area (Å²) in [5, 5.41) is 2.06. The molecule has 68 valence electrons. The largest absolute Gasteiger partial charge is 0.369 e. The molecule has 2 N–H and O–H groups in total. The minimum Gasteiger partial charge on any atom is -0.369 e. The van der Waals surface area contributed by atoms with Gasteiger partial charge in [-0.1, -0.05) is 6.07 Å². The maximum Gasteiger partial charge on any atom is 0.200 e. The van der Waals surface area contributed by atoms with E-state index < -0.39 is 0 Å². The molecular formula is C9H11N3S. The van der Waals surface area contributed by atoms with Gasteiger partial charge in [-0.25, -0.2) is 4.98 Å². The average Bonchev–Trinajstić information content (AvgIpc) is 2.63. The number of nitrogens with two attached hydrogens (primary N) is 1. The number of nitrogens with zero attached hydrogens (tertiary/aromatic N) is 2. The maximum absolute atomic E-state index is 5.71. The van der Waals surface area contributed by atoms with Crippen LogP contribution in [0, 0.1) is 6.92 Å². The third kappa shape index (κ3) is 1.72. The van der Waals surface area contributed by atoms with E-state index in [-0.39, 0.29) is 0 Å². The van der Waals surface area contributed by atoms with Gasteiger partial charge in [0.2, 0.25) is 5.95 Å². The van der Waals surface area contributed by atoms with Crippen LogP contribution in [0.25, 0.3) is 0 Å². The van der Waals surface area contributed by atoms with Gasteiger partial charge in [0.25, 0.3) is 0 Å². The number of rotatable bonds is 2. The van der Waals surface area contributed by atoms with E-state index in [2.05, 4.69) is 16.4 Å². The molecule has 0 aliphatic heterocycles. The van der Waals surface area contributed by atoms with Crippen molar-refractivity contribution in [2.24, 2.45) is 0 Å². The molecular weight excluding hydrogens is 182 g/mol. The predicted molar refractivity (Wildman–Crippen MR) is 54.8 cm³/mol. The lowest BCUT2D eigenvalue weighted by Crippen LogP contribution is -2.01. The highest BCUT2D eigenvalue weighted by atomic mass is 32.1. The first kappa shape index (κ1) is 8.31. The van der Waals surface area contributed by atoms with Crippen molar-refractivity contribution in [3.8, 4) is 0 Å². The Morgan fingerprint density at radius 1 is 1.62 bits per heavy atom. The van der Waals surface area contributed by atoms with Crippen LogP contribution in [0.5, 0.6) is 0 Å². The second kappa shape index (κ2) is 3.22. The molecule has 0 saturated carbocycles. The van der Waals surface area contributed by atoms with Gasteiger partial charge in [0.15, 0.2) is 0 Å². The van der Waals surface area contributed by atoms with Gasteiger partial charge in [-0.3, -0.25) is 0 Å². The molecule has 0 atom stereocenters. The third-order valence-corrected chi connectivity index (χ3v) is 2.70. The molecule has 2 heterocycles. The number of nitrogen functional groups attached to an aromatic ring is 1. The Labute approximate surface area is 80.8 Å². The molecule has 0 unspecified atom stereocenters. The molecule has 0 amide bonds. The van der Waals surface area contributed by atoms with Gasteiger partial charge < -0.3 is 10.3 Å². The lowest BCUT2D eigenvalue weighted by atomic mass is 10.4. The van der Waals surface area contributed by atoms with Crippen molar-refractivity contribution in [1.82, 2.24) is 9.55 Å². The van der Waals surface area contributed by atoms with Gasteiger partial charge >= 0.3 is 0 Å². The van der Waals surface area contributed by atoms with Crippen LogP contribution >= 0.6 is 11.3 Å². The van der Waals surface area contributed by atoms with E-state index in [1.165, 1.54) is 4.88 Å².